The summed E-state index contributed by atoms with van der Waals surface area (Å²) in [6.07, 6.45) is 0. The van der Waals surface area contributed by atoms with Crippen LogP contribution in [0.5, 0.6) is 5.75 Å². The van der Waals surface area contributed by atoms with Crippen molar-refractivity contribution >= 4 is 49.9 Å². The van der Waals surface area contributed by atoms with Crippen LogP contribution >= 0.6 is 15.9 Å². The van der Waals surface area contributed by atoms with Crippen molar-refractivity contribution in [3.05, 3.63) is 108 Å². The van der Waals surface area contributed by atoms with Gasteiger partial charge >= 0.3 is 114 Å². The van der Waals surface area contributed by atoms with E-state index in [1.54, 1.807) is 32.0 Å². The summed E-state index contributed by atoms with van der Waals surface area (Å²) in [5, 5.41) is 27.3. The van der Waals surface area contributed by atoms with Crippen LogP contribution < -0.4 is 114 Å². The fourth-order valence-corrected chi connectivity index (χ4v) is 4.05. The van der Waals surface area contributed by atoms with E-state index in [2.05, 4.69) is 25.6 Å². The Morgan fingerprint density at radius 3 is 1.86 bits per heavy atom. The Labute approximate surface area is 385 Å². The number of carbonyl (C=O) groups excluding carboxylic acids is 3. The second-order valence-electron chi connectivity index (χ2n) is 8.72. The summed E-state index contributed by atoms with van der Waals surface area (Å²) in [4.78, 5) is 32.4. The molecule has 1 aromatic heterocycles. The van der Waals surface area contributed by atoms with Crippen molar-refractivity contribution in [3.8, 4) is 34.1 Å². The Kier molecular flexibility index (Phi) is 27.8. The van der Waals surface area contributed by atoms with Crippen molar-refractivity contribution in [2.45, 2.75) is 13.8 Å². The molecule has 0 bridgehead atoms. The molecular formula is C35H34BrFK2N2O9. The van der Waals surface area contributed by atoms with Crippen molar-refractivity contribution in [3.63, 3.8) is 0 Å². The first-order valence-corrected chi connectivity index (χ1v) is 14.6. The van der Waals surface area contributed by atoms with E-state index in [-0.39, 0.29) is 129 Å². The van der Waals surface area contributed by atoms with E-state index < -0.39 is 18.0 Å². The molecule has 0 unspecified atom stereocenters. The quantitative estimate of drug-likeness (QED) is 0.0633. The number of phenolic OH excluding ortho intramolecular Hbond substituents is 1. The Hall–Kier alpha value is -2.44. The molecule has 4 aromatic carbocycles. The molecule has 0 amide bonds. The molecule has 11 nitrogen and oxygen atoms in total. The minimum absolute atomic E-state index is 0. The summed E-state index contributed by atoms with van der Waals surface area (Å²) in [7, 11) is -1.00. The van der Waals surface area contributed by atoms with E-state index in [1.165, 1.54) is 0 Å². The molecule has 0 aliphatic rings. The van der Waals surface area contributed by atoms with E-state index in [0.717, 1.165) is 27.6 Å². The summed E-state index contributed by atoms with van der Waals surface area (Å²) in [5.41, 5.74) is 11.3. The van der Waals surface area contributed by atoms with Gasteiger partial charge in [-0.1, -0.05) is 72.8 Å². The second kappa shape index (κ2) is 29.2. The third-order valence-corrected chi connectivity index (χ3v) is 6.04. The van der Waals surface area contributed by atoms with Crippen molar-refractivity contribution in [2.75, 3.05) is 26.1 Å². The number of nitrogens with two attached hydrogens (primary N) is 1. The van der Waals surface area contributed by atoms with E-state index in [9.17, 15) is 19.1 Å². The summed E-state index contributed by atoms with van der Waals surface area (Å²) >= 11 is 2.57. The van der Waals surface area contributed by atoms with E-state index in [0.29, 0.717) is 23.4 Å². The zero-order valence-electron chi connectivity index (χ0n) is 29.9. The maximum absolute atomic E-state index is 11.8. The van der Waals surface area contributed by atoms with Crippen LogP contribution in [-0.4, -0.2) is 42.8 Å². The molecule has 5 aromatic rings. The van der Waals surface area contributed by atoms with Gasteiger partial charge < -0.3 is 36.3 Å². The number of phenols is 1. The van der Waals surface area contributed by atoms with Crippen molar-refractivity contribution in [1.82, 2.24) is 0 Å². The van der Waals surface area contributed by atoms with Gasteiger partial charge in [-0.2, -0.15) is 5.26 Å². The van der Waals surface area contributed by atoms with Gasteiger partial charge in [0.15, 0.2) is 0 Å². The number of ether oxygens (including phenoxy) is 2. The number of hydrogen-bond donors (Lipinski definition) is 2. The Morgan fingerprint density at radius 1 is 0.960 bits per heavy atom. The van der Waals surface area contributed by atoms with E-state index >= 15 is 0 Å². The average Bonchev–Trinajstić information content (AvgIpc) is 3.46. The first kappa shape index (κ1) is 47.6. The number of nitrogens with zero attached hydrogens (tertiary/aromatic N) is 1. The fraction of sp³-hybridized carbons (Fsp3) is 0.143. The van der Waals surface area contributed by atoms with Crippen molar-refractivity contribution in [1.29, 1.82) is 5.26 Å². The largest absolute Gasteiger partial charge is 1.00 e. The summed E-state index contributed by atoms with van der Waals surface area (Å²) in [5.74, 6) is -0.443. The number of alkyl halides is 1. The van der Waals surface area contributed by atoms with Crippen LogP contribution in [0.4, 0.5) is 14.9 Å². The number of esters is 1. The standard InChI is InChI=1S/C17H15NO3.C13H9NO.C3H5BrO2.CH3F.CH2O3.2K.H/c1-2-20-17(19)16-15(18)13-10-12(8-9-14(13)21-16)11-6-4-3-5-7-11;14-9-12-8-11(6-7-13(12)15)10-4-2-1-3-5-10;1-2-6-3(4)5;1-2;2-1-4-3;;;/h3-10H,2,18H2,1H3;1-8,15H;2H2,1H3;1H3;1,3H;;;/q;;;;;2*+1;-1/p-1/i;;;1D;;;;. The Balaban J connectivity index is -0.000000679. The van der Waals surface area contributed by atoms with Gasteiger partial charge in [-0.15, -0.1) is 0 Å². The molecule has 0 radical (unpaired) electrons. The Morgan fingerprint density at radius 2 is 1.44 bits per heavy atom. The van der Waals surface area contributed by atoms with Crippen LogP contribution in [0, 0.1) is 11.3 Å². The molecule has 15 heteroatoms. The Bertz CT molecular complexity index is 1800. The summed E-state index contributed by atoms with van der Waals surface area (Å²) in [6.45, 7) is 4.03. The molecule has 0 atom stereocenters. The molecule has 0 aliphatic heterocycles. The molecule has 0 fully saturated rings. The number of halogens is 2. The van der Waals surface area contributed by atoms with Crippen LogP contribution in [-0.2, 0) is 19.2 Å². The second-order valence-corrected chi connectivity index (χ2v) is 9.36. The number of benzene rings is 4. The molecule has 0 saturated carbocycles. The van der Waals surface area contributed by atoms with Gasteiger partial charge in [-0.25, -0.2) is 9.59 Å². The molecule has 5 rings (SSSR count). The van der Waals surface area contributed by atoms with Crippen molar-refractivity contribution < 1.29 is 153 Å². The molecule has 254 valence electrons. The molecule has 1 heterocycles. The number of nitriles is 1. The number of aromatic hydroxyl groups is 1. The number of furan rings is 1. The first-order valence-electron chi connectivity index (χ1n) is 14.6. The minimum atomic E-state index is -1.00. The van der Waals surface area contributed by atoms with Gasteiger partial charge in [0.1, 0.15) is 17.4 Å². The normalized spacial score (nSPS) is 9.08. The summed E-state index contributed by atoms with van der Waals surface area (Å²) < 4.78 is 30.3. The van der Waals surface area contributed by atoms with Gasteiger partial charge in [0.2, 0.25) is 5.76 Å². The predicted molar refractivity (Wildman–Crippen MR) is 182 cm³/mol. The van der Waals surface area contributed by atoms with Gasteiger partial charge in [0.25, 0.3) is 6.47 Å². The third kappa shape index (κ3) is 17.2. The van der Waals surface area contributed by atoms with Gasteiger partial charge in [0, 0.05) is 21.3 Å². The van der Waals surface area contributed by atoms with Crippen molar-refractivity contribution in [2.24, 2.45) is 0 Å². The molecule has 50 heavy (non-hydrogen) atoms. The van der Waals surface area contributed by atoms with Crippen LogP contribution in [0.25, 0.3) is 33.2 Å². The van der Waals surface area contributed by atoms with Gasteiger partial charge in [-0.3, -0.25) is 9.18 Å². The van der Waals surface area contributed by atoms with Crippen LogP contribution in [0.3, 0.4) is 0 Å². The zero-order chi connectivity index (χ0) is 36.6. The van der Waals surface area contributed by atoms with Gasteiger partial charge in [-0.05, 0) is 60.4 Å². The predicted octanol–water partition coefficient (Wildman–Crippen LogP) is 1.47. The molecule has 0 aliphatic carbocycles. The minimum Gasteiger partial charge on any atom is -1.00 e. The van der Waals surface area contributed by atoms with Crippen LogP contribution in [0.2, 0.25) is 0 Å². The number of hydrogen-bond acceptors (Lipinski definition) is 11. The zero-order valence-corrected chi connectivity index (χ0v) is 35.8. The number of fused-ring (bicyclic) bond motifs is 1. The number of anilines is 1. The molecule has 3 N–H and O–H groups in total. The number of rotatable bonds is 6. The molecule has 0 spiro atoms. The SMILES string of the molecule is CCOC(=O)Br.CCOC(=O)c1oc2ccc(-c3ccccc3)cc2c1N.N#Cc1cc(-c2ccccc2)ccc1O.O=CO[O-].[2H]CF.[H-].[K+].[K+]. The average molecular weight is 805 g/mol. The van der Waals surface area contributed by atoms with E-state index in [1.807, 2.05) is 84.9 Å². The van der Waals surface area contributed by atoms with Gasteiger partial charge in [0.05, 0.1) is 33.0 Å². The molecule has 0 saturated heterocycles. The molecular weight excluding hydrogens is 769 g/mol. The number of carbonyl (C=O) groups is 3. The van der Waals surface area contributed by atoms with E-state index in [4.69, 9.17) is 31.6 Å². The summed E-state index contributed by atoms with van der Waals surface area (Å²) in [6, 6.07) is 32.4. The number of nitrogen functional groups attached to an aromatic ring is 1. The van der Waals surface area contributed by atoms with Crippen LogP contribution in [0.15, 0.2) is 101 Å². The monoisotopic (exact) mass is 803 g/mol. The first-order chi connectivity index (χ1) is 23.6. The fourth-order valence-electron chi connectivity index (χ4n) is 3.82. The maximum atomic E-state index is 11.8. The smallest absolute Gasteiger partial charge is 1.00 e. The maximum Gasteiger partial charge on any atom is 1.00 e. The van der Waals surface area contributed by atoms with Crippen LogP contribution in [0.1, 0.15) is 32.8 Å². The third-order valence-electron chi connectivity index (χ3n) is 5.82. The topological polar surface area (TPSA) is 185 Å².